The van der Waals surface area contributed by atoms with Crippen LogP contribution in [-0.2, 0) is 4.74 Å². The van der Waals surface area contributed by atoms with Crippen LogP contribution >= 0.6 is 0 Å². The van der Waals surface area contributed by atoms with Crippen LogP contribution in [-0.4, -0.2) is 68.3 Å². The van der Waals surface area contributed by atoms with Gasteiger partial charge in [-0.2, -0.15) is 0 Å². The van der Waals surface area contributed by atoms with Crippen LogP contribution in [0.3, 0.4) is 0 Å². The van der Waals surface area contributed by atoms with Crippen LogP contribution < -0.4 is 26.2 Å². The lowest BCUT2D eigenvalue weighted by Crippen LogP contribution is -2.52. The summed E-state index contributed by atoms with van der Waals surface area (Å²) in [6.45, 7) is 5.81. The third-order valence-corrected chi connectivity index (χ3v) is 7.98. The molecule has 2 fully saturated rings. The van der Waals surface area contributed by atoms with Crippen LogP contribution in [0.5, 0.6) is 5.75 Å². The molecule has 1 amide bonds. The van der Waals surface area contributed by atoms with Gasteiger partial charge in [0.2, 0.25) is 0 Å². The molecule has 2 aromatic carbocycles. The lowest BCUT2D eigenvalue weighted by molar-refractivity contribution is 0.0370. The van der Waals surface area contributed by atoms with E-state index < -0.39 is 0 Å². The molecule has 2 aromatic rings. The Bertz CT molecular complexity index is 1140. The van der Waals surface area contributed by atoms with E-state index >= 15 is 0 Å². The molecule has 4 aliphatic heterocycles. The summed E-state index contributed by atoms with van der Waals surface area (Å²) in [6, 6.07) is 15.4. The normalized spacial score (nSPS) is 30.5. The van der Waals surface area contributed by atoms with Gasteiger partial charge in [-0.25, -0.2) is 10.9 Å². The van der Waals surface area contributed by atoms with Gasteiger partial charge in [-0.1, -0.05) is 37.6 Å². The lowest BCUT2D eigenvalue weighted by Gasteiger charge is -2.38. The molecule has 0 aromatic heterocycles. The zero-order chi connectivity index (χ0) is 25.2. The van der Waals surface area contributed by atoms with E-state index in [0.717, 1.165) is 42.9 Å². The molecule has 9 heteroatoms. The minimum absolute atomic E-state index is 0.0636. The average Bonchev–Trinajstić information content (AvgIpc) is 3.46. The largest absolute Gasteiger partial charge is 0.491 e. The van der Waals surface area contributed by atoms with Crippen molar-refractivity contribution in [3.63, 3.8) is 0 Å². The molecule has 0 radical (unpaired) electrons. The number of fused-ring (bicyclic) bond motifs is 4. The minimum atomic E-state index is -0.138. The van der Waals surface area contributed by atoms with Gasteiger partial charge in [0.25, 0.3) is 5.91 Å². The van der Waals surface area contributed by atoms with Crippen LogP contribution in [0.25, 0.3) is 0 Å². The number of benzene rings is 2. The Hall–Kier alpha value is -2.98. The summed E-state index contributed by atoms with van der Waals surface area (Å²) in [6.07, 6.45) is 4.70. The number of aliphatic imine (C=N–C) groups is 1. The number of para-hydroxylation sites is 1. The van der Waals surface area contributed by atoms with Gasteiger partial charge in [-0.15, -0.1) is 0 Å². The van der Waals surface area contributed by atoms with Crippen LogP contribution in [0.1, 0.15) is 41.7 Å². The summed E-state index contributed by atoms with van der Waals surface area (Å²) in [5, 5.41) is 6.65. The van der Waals surface area contributed by atoms with Gasteiger partial charge in [0.05, 0.1) is 31.1 Å². The molecular weight excluding hydrogens is 468 g/mol. The van der Waals surface area contributed by atoms with Crippen molar-refractivity contribution in [2.45, 2.75) is 44.2 Å². The predicted molar refractivity (Wildman–Crippen MR) is 143 cm³/mol. The topological polar surface area (TPSA) is 99.2 Å². The number of ether oxygens (including phenoxy) is 2. The molecule has 6 atom stereocenters. The molecule has 0 bridgehead atoms. The zero-order valence-electron chi connectivity index (χ0n) is 21.2. The first-order valence-corrected chi connectivity index (χ1v) is 13.5. The number of hydrogen-bond acceptors (Lipinski definition) is 8. The lowest BCUT2D eigenvalue weighted by atomic mass is 9.80. The maximum atomic E-state index is 13.0. The van der Waals surface area contributed by atoms with E-state index in [1.807, 2.05) is 54.7 Å². The summed E-state index contributed by atoms with van der Waals surface area (Å²) in [4.78, 5) is 20.1. The second-order valence-corrected chi connectivity index (χ2v) is 10.3. The fourth-order valence-electron chi connectivity index (χ4n) is 6.16. The molecular formula is C28H36N6O3. The van der Waals surface area contributed by atoms with E-state index in [4.69, 9.17) is 9.47 Å². The maximum absolute atomic E-state index is 13.0. The van der Waals surface area contributed by atoms with Crippen molar-refractivity contribution in [3.05, 3.63) is 59.7 Å². The van der Waals surface area contributed by atoms with Crippen molar-refractivity contribution in [3.8, 4) is 5.75 Å². The van der Waals surface area contributed by atoms with E-state index in [0.29, 0.717) is 37.2 Å². The fourth-order valence-corrected chi connectivity index (χ4v) is 6.16. The Balaban J connectivity index is 1.09. The van der Waals surface area contributed by atoms with E-state index in [9.17, 15) is 4.79 Å². The van der Waals surface area contributed by atoms with Gasteiger partial charge in [-0.05, 0) is 36.6 Å². The number of carbonyl (C=O) groups excluding carboxylic acids is 1. The highest BCUT2D eigenvalue weighted by atomic mass is 16.5. The quantitative estimate of drug-likeness (QED) is 0.460. The molecule has 0 spiro atoms. The van der Waals surface area contributed by atoms with Gasteiger partial charge >= 0.3 is 0 Å². The molecule has 6 rings (SSSR count). The molecule has 5 unspecified atom stereocenters. The molecule has 4 aliphatic rings. The highest BCUT2D eigenvalue weighted by molar-refractivity contribution is 5.95. The Labute approximate surface area is 218 Å². The van der Waals surface area contributed by atoms with Crippen molar-refractivity contribution in [2.75, 3.05) is 38.2 Å². The second kappa shape index (κ2) is 10.8. The highest BCUT2D eigenvalue weighted by Gasteiger charge is 2.46. The summed E-state index contributed by atoms with van der Waals surface area (Å²) < 4.78 is 11.9. The number of carbonyl (C=O) groups is 1. The molecule has 196 valence electrons. The van der Waals surface area contributed by atoms with Crippen molar-refractivity contribution in [1.29, 1.82) is 0 Å². The van der Waals surface area contributed by atoms with E-state index in [1.165, 1.54) is 0 Å². The van der Waals surface area contributed by atoms with Crippen molar-refractivity contribution in [1.82, 2.24) is 21.1 Å². The average molecular weight is 505 g/mol. The molecule has 4 heterocycles. The monoisotopic (exact) mass is 504 g/mol. The third kappa shape index (κ3) is 4.96. The van der Waals surface area contributed by atoms with Gasteiger partial charge < -0.3 is 20.1 Å². The van der Waals surface area contributed by atoms with Gasteiger partial charge in [0.1, 0.15) is 12.4 Å². The molecule has 4 N–H and O–H groups in total. The van der Waals surface area contributed by atoms with E-state index in [2.05, 4.69) is 38.3 Å². The first kappa shape index (κ1) is 24.4. The summed E-state index contributed by atoms with van der Waals surface area (Å²) in [5.74, 6) is 1.62. The SMILES string of the molecule is CCCC1CN=CC2OCCN3C(CNc4cccc(C(=O)N[C@@H]5COc6ccccc65)c4)NNC3C12. The predicted octanol–water partition coefficient (Wildman–Crippen LogP) is 2.54. The van der Waals surface area contributed by atoms with E-state index in [1.54, 1.807) is 0 Å². The van der Waals surface area contributed by atoms with Crippen LogP contribution in [0, 0.1) is 11.8 Å². The van der Waals surface area contributed by atoms with Crippen LogP contribution in [0.2, 0.25) is 0 Å². The number of nitrogens with one attached hydrogen (secondary N) is 4. The standard InChI is InChI=1S/C28H36N6O3/c1-2-6-19-14-29-15-24-26(19)27-33-32-25(34(27)11-12-36-24)16-30-20-8-5-7-18(13-20)28(35)31-22-17-37-23-10-4-3-9-21(22)23/h3-5,7-10,13,15,19,22,24-27,30,32-33H,2,6,11-12,14,16-17H2,1H3,(H,31,35)/t19?,22-,24?,25?,26?,27?/m1/s1. The van der Waals surface area contributed by atoms with E-state index in [-0.39, 0.29) is 30.4 Å². The Morgan fingerprint density at radius 1 is 1.19 bits per heavy atom. The first-order valence-electron chi connectivity index (χ1n) is 13.5. The zero-order valence-corrected chi connectivity index (χ0v) is 21.2. The van der Waals surface area contributed by atoms with Crippen molar-refractivity contribution >= 4 is 17.8 Å². The number of rotatable bonds is 7. The van der Waals surface area contributed by atoms with Crippen LogP contribution in [0.4, 0.5) is 5.69 Å². The fraction of sp³-hybridized carbons (Fsp3) is 0.500. The van der Waals surface area contributed by atoms with Crippen molar-refractivity contribution in [2.24, 2.45) is 16.8 Å². The number of amides is 1. The first-order chi connectivity index (χ1) is 18.2. The molecule has 2 saturated heterocycles. The van der Waals surface area contributed by atoms with Gasteiger partial charge in [-0.3, -0.25) is 14.7 Å². The van der Waals surface area contributed by atoms with Crippen molar-refractivity contribution < 1.29 is 14.3 Å². The summed E-state index contributed by atoms with van der Waals surface area (Å²) in [7, 11) is 0. The maximum Gasteiger partial charge on any atom is 0.251 e. The molecule has 37 heavy (non-hydrogen) atoms. The Morgan fingerprint density at radius 3 is 3.03 bits per heavy atom. The number of hydrazine groups is 1. The Morgan fingerprint density at radius 2 is 2.11 bits per heavy atom. The smallest absolute Gasteiger partial charge is 0.251 e. The number of nitrogens with zero attached hydrogens (tertiary/aromatic N) is 2. The minimum Gasteiger partial charge on any atom is -0.491 e. The molecule has 9 nitrogen and oxygen atoms in total. The molecule has 0 aliphatic carbocycles. The second-order valence-electron chi connectivity index (χ2n) is 10.3. The summed E-state index contributed by atoms with van der Waals surface area (Å²) in [5.41, 5.74) is 9.64. The van der Waals surface area contributed by atoms with Crippen LogP contribution in [0.15, 0.2) is 53.5 Å². The number of hydrogen-bond donors (Lipinski definition) is 4. The van der Waals surface area contributed by atoms with Gasteiger partial charge in [0.15, 0.2) is 0 Å². The summed E-state index contributed by atoms with van der Waals surface area (Å²) >= 11 is 0. The Kier molecular flexibility index (Phi) is 7.10. The van der Waals surface area contributed by atoms with Gasteiger partial charge in [0, 0.05) is 48.6 Å². The molecule has 0 saturated carbocycles. The third-order valence-electron chi connectivity index (χ3n) is 7.98. The highest BCUT2D eigenvalue weighted by Crippen LogP contribution is 2.34. The number of anilines is 1.